The highest BCUT2D eigenvalue weighted by Gasteiger charge is 2.16. The molecule has 0 spiro atoms. The van der Waals surface area contributed by atoms with Gasteiger partial charge in [0, 0.05) is 38.4 Å². The summed E-state index contributed by atoms with van der Waals surface area (Å²) < 4.78 is 0. The highest BCUT2D eigenvalue weighted by Crippen LogP contribution is 2.17. The zero-order chi connectivity index (χ0) is 12.1. The molecule has 0 aromatic heterocycles. The number of hydrogen-bond acceptors (Lipinski definition) is 3. The van der Waals surface area contributed by atoms with Crippen LogP contribution in [0.4, 0.5) is 5.69 Å². The van der Waals surface area contributed by atoms with E-state index in [0.717, 1.165) is 38.2 Å². The van der Waals surface area contributed by atoms with E-state index in [1.54, 1.807) is 0 Å². The van der Waals surface area contributed by atoms with Crippen LogP contribution >= 0.6 is 0 Å². The lowest BCUT2D eigenvalue weighted by molar-refractivity contribution is 0.306. The SMILES string of the molecule is CC[CH]N1CCN(c2ccc(C#N)cc2)CC1. The zero-order valence-electron chi connectivity index (χ0n) is 10.3. The number of benzene rings is 1. The third-order valence-corrected chi connectivity index (χ3v) is 3.12. The average molecular weight is 228 g/mol. The van der Waals surface area contributed by atoms with Crippen LogP contribution in [-0.2, 0) is 0 Å². The van der Waals surface area contributed by atoms with Gasteiger partial charge in [-0.25, -0.2) is 0 Å². The number of anilines is 1. The predicted octanol–water partition coefficient (Wildman–Crippen LogP) is 2.25. The van der Waals surface area contributed by atoms with Gasteiger partial charge in [0.05, 0.1) is 11.6 Å². The van der Waals surface area contributed by atoms with Crippen LogP contribution in [0.25, 0.3) is 0 Å². The molecule has 0 amide bonds. The molecular formula is C14H18N3. The largest absolute Gasteiger partial charge is 0.369 e. The molecule has 1 radical (unpaired) electrons. The lowest BCUT2D eigenvalue weighted by Crippen LogP contribution is -2.45. The maximum Gasteiger partial charge on any atom is 0.0991 e. The Morgan fingerprint density at radius 1 is 1.18 bits per heavy atom. The summed E-state index contributed by atoms with van der Waals surface area (Å²) in [5.74, 6) is 0. The van der Waals surface area contributed by atoms with E-state index in [9.17, 15) is 0 Å². The van der Waals surface area contributed by atoms with Crippen LogP contribution < -0.4 is 4.90 Å². The first kappa shape index (κ1) is 11.9. The van der Waals surface area contributed by atoms with Gasteiger partial charge in [-0.15, -0.1) is 0 Å². The Morgan fingerprint density at radius 2 is 1.82 bits per heavy atom. The minimum atomic E-state index is 0.728. The molecule has 1 fully saturated rings. The molecule has 0 unspecified atom stereocenters. The molecule has 1 saturated heterocycles. The van der Waals surface area contributed by atoms with Gasteiger partial charge >= 0.3 is 0 Å². The van der Waals surface area contributed by atoms with E-state index in [4.69, 9.17) is 5.26 Å². The monoisotopic (exact) mass is 228 g/mol. The molecule has 1 aromatic carbocycles. The van der Waals surface area contributed by atoms with Crippen molar-refractivity contribution in [2.24, 2.45) is 0 Å². The molecule has 3 nitrogen and oxygen atoms in total. The average Bonchev–Trinajstić information content (AvgIpc) is 2.40. The topological polar surface area (TPSA) is 30.3 Å². The molecule has 0 aliphatic carbocycles. The van der Waals surface area contributed by atoms with E-state index >= 15 is 0 Å². The van der Waals surface area contributed by atoms with Gasteiger partial charge < -0.3 is 4.90 Å². The molecule has 2 rings (SSSR count). The van der Waals surface area contributed by atoms with Crippen molar-refractivity contribution in [2.75, 3.05) is 31.1 Å². The molecule has 3 heteroatoms. The number of piperazine rings is 1. The van der Waals surface area contributed by atoms with Crippen LogP contribution in [0.2, 0.25) is 0 Å². The van der Waals surface area contributed by atoms with Gasteiger partial charge in [-0.3, -0.25) is 4.90 Å². The molecule has 1 heterocycles. The lowest BCUT2D eigenvalue weighted by Gasteiger charge is -2.35. The molecule has 89 valence electrons. The Morgan fingerprint density at radius 3 is 2.35 bits per heavy atom. The van der Waals surface area contributed by atoms with Crippen molar-refractivity contribution >= 4 is 5.69 Å². The van der Waals surface area contributed by atoms with Crippen molar-refractivity contribution in [1.82, 2.24) is 4.90 Å². The summed E-state index contributed by atoms with van der Waals surface area (Å²) in [6, 6.07) is 10.0. The third kappa shape index (κ3) is 2.98. The molecule has 0 saturated carbocycles. The lowest BCUT2D eigenvalue weighted by atomic mass is 10.2. The molecule has 1 aliphatic rings. The Labute approximate surface area is 103 Å². The van der Waals surface area contributed by atoms with Gasteiger partial charge in [-0.1, -0.05) is 6.92 Å². The Balaban J connectivity index is 1.94. The second kappa shape index (κ2) is 5.70. The van der Waals surface area contributed by atoms with Crippen LogP contribution in [0.15, 0.2) is 24.3 Å². The number of nitrogens with zero attached hydrogens (tertiary/aromatic N) is 3. The molecule has 1 aromatic rings. The fraction of sp³-hybridized carbons (Fsp3) is 0.429. The second-order valence-corrected chi connectivity index (χ2v) is 4.27. The van der Waals surface area contributed by atoms with Crippen molar-refractivity contribution in [3.05, 3.63) is 36.4 Å². The molecular weight excluding hydrogens is 210 g/mol. The first-order valence-electron chi connectivity index (χ1n) is 6.16. The van der Waals surface area contributed by atoms with Crippen molar-refractivity contribution in [1.29, 1.82) is 5.26 Å². The molecule has 17 heavy (non-hydrogen) atoms. The Bertz CT molecular complexity index is 383. The summed E-state index contributed by atoms with van der Waals surface area (Å²) in [4.78, 5) is 4.77. The number of rotatable bonds is 3. The molecule has 1 aliphatic heterocycles. The van der Waals surface area contributed by atoms with Crippen molar-refractivity contribution in [2.45, 2.75) is 13.3 Å². The quantitative estimate of drug-likeness (QED) is 0.795. The summed E-state index contributed by atoms with van der Waals surface area (Å²) in [6.07, 6.45) is 1.11. The minimum Gasteiger partial charge on any atom is -0.369 e. The van der Waals surface area contributed by atoms with Crippen molar-refractivity contribution in [3.8, 4) is 6.07 Å². The summed E-state index contributed by atoms with van der Waals surface area (Å²) in [7, 11) is 0. The first-order chi connectivity index (χ1) is 8.33. The van der Waals surface area contributed by atoms with Gasteiger partial charge in [0.1, 0.15) is 0 Å². The van der Waals surface area contributed by atoms with Gasteiger partial charge in [0.15, 0.2) is 0 Å². The fourth-order valence-electron chi connectivity index (χ4n) is 2.17. The Kier molecular flexibility index (Phi) is 4.00. The fourth-order valence-corrected chi connectivity index (χ4v) is 2.17. The summed E-state index contributed by atoms with van der Waals surface area (Å²) in [5.41, 5.74) is 1.95. The molecule has 0 N–H and O–H groups in total. The van der Waals surface area contributed by atoms with Crippen molar-refractivity contribution in [3.63, 3.8) is 0 Å². The minimum absolute atomic E-state index is 0.728. The maximum absolute atomic E-state index is 8.76. The number of hydrogen-bond donors (Lipinski definition) is 0. The van der Waals surface area contributed by atoms with Crippen LogP contribution in [-0.4, -0.2) is 31.1 Å². The van der Waals surface area contributed by atoms with E-state index in [-0.39, 0.29) is 0 Å². The van der Waals surface area contributed by atoms with Gasteiger partial charge in [-0.2, -0.15) is 5.26 Å². The number of nitriles is 1. The van der Waals surface area contributed by atoms with Gasteiger partial charge in [0.2, 0.25) is 0 Å². The Hall–Kier alpha value is -1.53. The predicted molar refractivity (Wildman–Crippen MR) is 69.5 cm³/mol. The van der Waals surface area contributed by atoms with Gasteiger partial charge in [0.25, 0.3) is 0 Å². The van der Waals surface area contributed by atoms with E-state index in [1.165, 1.54) is 5.69 Å². The normalized spacial score (nSPS) is 16.8. The van der Waals surface area contributed by atoms with Crippen molar-refractivity contribution < 1.29 is 0 Å². The van der Waals surface area contributed by atoms with E-state index in [0.29, 0.717) is 0 Å². The zero-order valence-corrected chi connectivity index (χ0v) is 10.3. The summed E-state index contributed by atoms with van der Waals surface area (Å²) in [6.45, 7) is 8.75. The van der Waals surface area contributed by atoms with E-state index in [2.05, 4.69) is 29.3 Å². The highest BCUT2D eigenvalue weighted by molar-refractivity contribution is 5.50. The first-order valence-corrected chi connectivity index (χ1v) is 6.16. The summed E-state index contributed by atoms with van der Waals surface area (Å²) >= 11 is 0. The maximum atomic E-state index is 8.76. The third-order valence-electron chi connectivity index (χ3n) is 3.12. The standard InChI is InChI=1S/C14H18N3/c1-2-7-16-8-10-17(11-9-16)14-5-3-13(12-15)4-6-14/h3-7H,2,8-11H2,1H3. The highest BCUT2D eigenvalue weighted by atomic mass is 15.3. The van der Waals surface area contributed by atoms with E-state index in [1.807, 2.05) is 24.3 Å². The van der Waals surface area contributed by atoms with Crippen LogP contribution in [0.1, 0.15) is 18.9 Å². The summed E-state index contributed by atoms with van der Waals surface area (Å²) in [5, 5.41) is 8.76. The van der Waals surface area contributed by atoms with Crippen LogP contribution in [0, 0.1) is 17.9 Å². The molecule has 0 atom stereocenters. The van der Waals surface area contributed by atoms with E-state index < -0.39 is 0 Å². The molecule has 0 bridgehead atoms. The smallest absolute Gasteiger partial charge is 0.0991 e. The second-order valence-electron chi connectivity index (χ2n) is 4.27. The van der Waals surface area contributed by atoms with Crippen LogP contribution in [0.3, 0.4) is 0 Å². The van der Waals surface area contributed by atoms with Gasteiger partial charge in [-0.05, 0) is 30.7 Å². The van der Waals surface area contributed by atoms with Crippen LogP contribution in [0.5, 0.6) is 0 Å².